The molecule has 0 bridgehead atoms. The SMILES string of the molecule is O=C(NCC1(C(=O)O)CC1)c1ccc(=O)n(Cc2ccccc2)n1. The highest BCUT2D eigenvalue weighted by atomic mass is 16.4. The van der Waals surface area contributed by atoms with Gasteiger partial charge in [-0.15, -0.1) is 0 Å². The summed E-state index contributed by atoms with van der Waals surface area (Å²) in [7, 11) is 0. The molecule has 1 aliphatic rings. The third-order valence-electron chi connectivity index (χ3n) is 4.17. The molecule has 0 atom stereocenters. The van der Waals surface area contributed by atoms with Gasteiger partial charge in [0.2, 0.25) is 0 Å². The van der Waals surface area contributed by atoms with Crippen molar-refractivity contribution in [3.8, 4) is 0 Å². The Bertz CT molecular complexity index is 825. The Labute approximate surface area is 137 Å². The molecule has 1 aliphatic carbocycles. The third-order valence-corrected chi connectivity index (χ3v) is 4.17. The molecule has 24 heavy (non-hydrogen) atoms. The second-order valence-corrected chi connectivity index (χ2v) is 5.97. The summed E-state index contributed by atoms with van der Waals surface area (Å²) in [4.78, 5) is 35.2. The molecule has 0 saturated heterocycles. The van der Waals surface area contributed by atoms with E-state index in [1.54, 1.807) is 0 Å². The van der Waals surface area contributed by atoms with Crippen LogP contribution in [0.4, 0.5) is 0 Å². The Kier molecular flexibility index (Phi) is 4.16. The molecule has 1 aromatic carbocycles. The van der Waals surface area contributed by atoms with Gasteiger partial charge in [-0.2, -0.15) is 5.10 Å². The maximum atomic E-state index is 12.2. The van der Waals surface area contributed by atoms with E-state index >= 15 is 0 Å². The molecule has 124 valence electrons. The highest BCUT2D eigenvalue weighted by Crippen LogP contribution is 2.45. The smallest absolute Gasteiger partial charge is 0.311 e. The first-order chi connectivity index (χ1) is 11.5. The zero-order chi connectivity index (χ0) is 17.2. The first kappa shape index (κ1) is 15.9. The molecule has 7 heteroatoms. The minimum absolute atomic E-state index is 0.0701. The van der Waals surface area contributed by atoms with Crippen molar-refractivity contribution in [3.05, 3.63) is 64.1 Å². The number of nitrogens with one attached hydrogen (secondary N) is 1. The normalized spacial score (nSPS) is 14.8. The summed E-state index contributed by atoms with van der Waals surface area (Å²) in [5, 5.41) is 15.8. The molecular weight excluding hydrogens is 310 g/mol. The minimum atomic E-state index is -0.898. The van der Waals surface area contributed by atoms with Crippen LogP contribution >= 0.6 is 0 Å². The average molecular weight is 327 g/mol. The van der Waals surface area contributed by atoms with Gasteiger partial charge in [0.25, 0.3) is 11.5 Å². The van der Waals surface area contributed by atoms with E-state index in [1.165, 1.54) is 16.8 Å². The second-order valence-electron chi connectivity index (χ2n) is 5.97. The van der Waals surface area contributed by atoms with Crippen LogP contribution in [0.2, 0.25) is 0 Å². The molecule has 0 radical (unpaired) electrons. The predicted molar refractivity (Wildman–Crippen MR) is 85.7 cm³/mol. The highest BCUT2D eigenvalue weighted by molar-refractivity contribution is 5.92. The number of carbonyl (C=O) groups excluding carboxylic acids is 1. The zero-order valence-corrected chi connectivity index (χ0v) is 12.9. The minimum Gasteiger partial charge on any atom is -0.481 e. The molecule has 0 aliphatic heterocycles. The number of nitrogens with zero attached hydrogens (tertiary/aromatic N) is 2. The Morgan fingerprint density at radius 2 is 1.88 bits per heavy atom. The van der Waals surface area contributed by atoms with Crippen molar-refractivity contribution in [2.75, 3.05) is 6.54 Å². The number of hydrogen-bond donors (Lipinski definition) is 2. The molecule has 1 saturated carbocycles. The van der Waals surface area contributed by atoms with Crippen LogP contribution < -0.4 is 10.9 Å². The lowest BCUT2D eigenvalue weighted by Gasteiger charge is -2.11. The Balaban J connectivity index is 1.72. The first-order valence-corrected chi connectivity index (χ1v) is 7.64. The van der Waals surface area contributed by atoms with Crippen molar-refractivity contribution < 1.29 is 14.7 Å². The van der Waals surface area contributed by atoms with Gasteiger partial charge in [-0.25, -0.2) is 4.68 Å². The molecule has 2 N–H and O–H groups in total. The van der Waals surface area contributed by atoms with Crippen LogP contribution in [-0.2, 0) is 11.3 Å². The molecule has 0 unspecified atom stereocenters. The van der Waals surface area contributed by atoms with E-state index in [0.29, 0.717) is 12.8 Å². The van der Waals surface area contributed by atoms with Gasteiger partial charge in [0.05, 0.1) is 12.0 Å². The van der Waals surface area contributed by atoms with Crippen molar-refractivity contribution in [3.63, 3.8) is 0 Å². The number of rotatable bonds is 6. The van der Waals surface area contributed by atoms with Gasteiger partial charge in [0.15, 0.2) is 0 Å². The number of carboxylic acids is 1. The van der Waals surface area contributed by atoms with Gasteiger partial charge in [-0.3, -0.25) is 14.4 Å². The monoisotopic (exact) mass is 327 g/mol. The van der Waals surface area contributed by atoms with Crippen molar-refractivity contribution in [1.82, 2.24) is 15.1 Å². The standard InChI is InChI=1S/C17H17N3O4/c21-14-7-6-13(15(22)18-11-17(8-9-17)16(23)24)19-20(14)10-12-4-2-1-3-5-12/h1-7H,8-11H2,(H,18,22)(H,23,24). The Morgan fingerprint density at radius 3 is 2.50 bits per heavy atom. The van der Waals surface area contributed by atoms with E-state index in [9.17, 15) is 14.4 Å². The lowest BCUT2D eigenvalue weighted by molar-refractivity contribution is -0.143. The largest absolute Gasteiger partial charge is 0.481 e. The van der Waals surface area contributed by atoms with E-state index in [1.807, 2.05) is 30.3 Å². The summed E-state index contributed by atoms with van der Waals surface area (Å²) in [5.74, 6) is -1.38. The average Bonchev–Trinajstić information content (AvgIpc) is 3.37. The molecule has 1 heterocycles. The molecular formula is C17H17N3O4. The molecule has 1 aromatic heterocycles. The number of carboxylic acid groups (broad SMARTS) is 1. The number of hydrogen-bond acceptors (Lipinski definition) is 4. The van der Waals surface area contributed by atoms with Gasteiger partial charge < -0.3 is 10.4 Å². The van der Waals surface area contributed by atoms with Gasteiger partial charge in [-0.05, 0) is 24.5 Å². The summed E-state index contributed by atoms with van der Waals surface area (Å²) in [5.41, 5.74) is -0.160. The van der Waals surface area contributed by atoms with Crippen LogP contribution in [0.3, 0.4) is 0 Å². The number of benzene rings is 1. The van der Waals surface area contributed by atoms with Crippen LogP contribution in [0, 0.1) is 5.41 Å². The Hall–Kier alpha value is -2.96. The summed E-state index contributed by atoms with van der Waals surface area (Å²) >= 11 is 0. The molecule has 7 nitrogen and oxygen atoms in total. The second kappa shape index (κ2) is 6.27. The van der Waals surface area contributed by atoms with Crippen LogP contribution in [0.5, 0.6) is 0 Å². The van der Waals surface area contributed by atoms with Crippen LogP contribution in [0.15, 0.2) is 47.3 Å². The molecule has 1 amide bonds. The van der Waals surface area contributed by atoms with E-state index in [2.05, 4.69) is 10.4 Å². The maximum Gasteiger partial charge on any atom is 0.311 e. The van der Waals surface area contributed by atoms with Crippen molar-refractivity contribution >= 4 is 11.9 Å². The van der Waals surface area contributed by atoms with Gasteiger partial charge >= 0.3 is 5.97 Å². The first-order valence-electron chi connectivity index (χ1n) is 7.64. The highest BCUT2D eigenvalue weighted by Gasteiger charge is 2.50. The summed E-state index contributed by atoms with van der Waals surface area (Å²) in [6.45, 7) is 0.334. The lowest BCUT2D eigenvalue weighted by Crippen LogP contribution is -2.36. The fourth-order valence-electron chi connectivity index (χ4n) is 2.40. The zero-order valence-electron chi connectivity index (χ0n) is 12.9. The van der Waals surface area contributed by atoms with Crippen LogP contribution in [0.1, 0.15) is 28.9 Å². The Morgan fingerprint density at radius 1 is 1.17 bits per heavy atom. The van der Waals surface area contributed by atoms with Gasteiger partial charge in [-0.1, -0.05) is 30.3 Å². The van der Waals surface area contributed by atoms with Crippen LogP contribution in [0.25, 0.3) is 0 Å². The summed E-state index contributed by atoms with van der Waals surface area (Å²) in [6, 6.07) is 12.0. The van der Waals surface area contributed by atoms with Gasteiger partial charge in [0, 0.05) is 12.6 Å². The van der Waals surface area contributed by atoms with Crippen molar-refractivity contribution in [2.45, 2.75) is 19.4 Å². The predicted octanol–water partition coefficient (Wildman–Crippen LogP) is 0.886. The van der Waals surface area contributed by atoms with E-state index in [0.717, 1.165) is 5.56 Å². The summed E-state index contributed by atoms with van der Waals surface area (Å²) in [6.07, 6.45) is 1.12. The molecule has 2 aromatic rings. The van der Waals surface area contributed by atoms with E-state index in [4.69, 9.17) is 5.11 Å². The molecule has 3 rings (SSSR count). The quantitative estimate of drug-likeness (QED) is 0.820. The van der Waals surface area contributed by atoms with Crippen molar-refractivity contribution in [1.29, 1.82) is 0 Å². The lowest BCUT2D eigenvalue weighted by atomic mass is 10.1. The van der Waals surface area contributed by atoms with Crippen molar-refractivity contribution in [2.24, 2.45) is 5.41 Å². The van der Waals surface area contributed by atoms with E-state index < -0.39 is 17.3 Å². The van der Waals surface area contributed by atoms with Crippen LogP contribution in [-0.4, -0.2) is 33.3 Å². The molecule has 0 spiro atoms. The maximum absolute atomic E-state index is 12.2. The summed E-state index contributed by atoms with van der Waals surface area (Å²) < 4.78 is 1.22. The number of amides is 1. The third kappa shape index (κ3) is 3.34. The number of carbonyl (C=O) groups is 2. The van der Waals surface area contributed by atoms with Gasteiger partial charge in [0.1, 0.15) is 5.69 Å². The topological polar surface area (TPSA) is 101 Å². The molecule has 1 fully saturated rings. The van der Waals surface area contributed by atoms with E-state index in [-0.39, 0.29) is 24.3 Å². The number of aliphatic carboxylic acids is 1. The fraction of sp³-hybridized carbons (Fsp3) is 0.294. The fourth-order valence-corrected chi connectivity index (χ4v) is 2.40. The number of aromatic nitrogens is 2.